The summed E-state index contributed by atoms with van der Waals surface area (Å²) in [4.78, 5) is 64.7. The third kappa shape index (κ3) is 7.65. The van der Waals surface area contributed by atoms with E-state index in [9.17, 15) is 29.3 Å². The van der Waals surface area contributed by atoms with Crippen LogP contribution < -0.4 is 25.0 Å². The molecule has 1 unspecified atom stereocenters. The first-order valence-corrected chi connectivity index (χ1v) is 15.0. The lowest BCUT2D eigenvalue weighted by molar-refractivity contribution is -0.384. The van der Waals surface area contributed by atoms with Gasteiger partial charge in [0.25, 0.3) is 17.5 Å². The normalized spacial score (nSPS) is 14.5. The molecule has 1 saturated heterocycles. The third-order valence-electron chi connectivity index (χ3n) is 7.06. The average Bonchev–Trinajstić information content (AvgIpc) is 3.36. The zero-order valence-corrected chi connectivity index (χ0v) is 26.0. The summed E-state index contributed by atoms with van der Waals surface area (Å²) in [7, 11) is 2.99. The lowest BCUT2D eigenvalue weighted by Crippen LogP contribution is -2.31. The van der Waals surface area contributed by atoms with E-state index < -0.39 is 33.8 Å². The molecule has 12 nitrogen and oxygen atoms in total. The minimum absolute atomic E-state index is 0.0706. The molecule has 0 saturated carbocycles. The number of nitrogens with one attached hydrogen (secondary N) is 2. The number of hydrogen-bond acceptors (Lipinski definition) is 9. The maximum Gasteiger partial charge on any atom is 0.272 e. The van der Waals surface area contributed by atoms with Crippen LogP contribution in [-0.2, 0) is 14.4 Å². The molecule has 13 heteroatoms. The number of anilines is 2. The number of ether oxygens (including phenoxy) is 2. The Balaban J connectivity index is 1.36. The number of hydrogen-bond donors (Lipinski definition) is 2. The van der Waals surface area contributed by atoms with Crippen molar-refractivity contribution in [3.8, 4) is 11.5 Å². The average molecular weight is 653 g/mol. The number of amides is 4. The highest BCUT2D eigenvalue weighted by atomic mass is 32.2. The van der Waals surface area contributed by atoms with Crippen LogP contribution in [0.4, 0.5) is 17.1 Å². The minimum Gasteiger partial charge on any atom is -0.497 e. The van der Waals surface area contributed by atoms with Crippen LogP contribution in [-0.4, -0.2) is 48.0 Å². The summed E-state index contributed by atoms with van der Waals surface area (Å²) >= 11 is 1.15. The summed E-state index contributed by atoms with van der Waals surface area (Å²) in [6, 6.07) is 25.4. The van der Waals surface area contributed by atoms with Gasteiger partial charge in [-0.25, -0.2) is 4.90 Å². The number of carbonyl (C=O) groups is 4. The summed E-state index contributed by atoms with van der Waals surface area (Å²) in [6.45, 7) is 0. The maximum atomic E-state index is 13.6. The van der Waals surface area contributed by atoms with Crippen molar-refractivity contribution in [1.29, 1.82) is 0 Å². The van der Waals surface area contributed by atoms with Gasteiger partial charge in [-0.1, -0.05) is 24.3 Å². The van der Waals surface area contributed by atoms with Gasteiger partial charge in [-0.15, -0.1) is 11.8 Å². The second-order valence-electron chi connectivity index (χ2n) is 10.1. The van der Waals surface area contributed by atoms with Crippen molar-refractivity contribution in [1.82, 2.24) is 5.32 Å². The maximum absolute atomic E-state index is 13.6. The van der Waals surface area contributed by atoms with E-state index in [4.69, 9.17) is 9.47 Å². The van der Waals surface area contributed by atoms with Crippen LogP contribution in [0.3, 0.4) is 0 Å². The van der Waals surface area contributed by atoms with Crippen molar-refractivity contribution in [2.24, 2.45) is 0 Å². The Morgan fingerprint density at radius 3 is 2.36 bits per heavy atom. The molecule has 0 bridgehead atoms. The monoisotopic (exact) mass is 652 g/mol. The van der Waals surface area contributed by atoms with E-state index in [2.05, 4.69) is 10.6 Å². The van der Waals surface area contributed by atoms with Gasteiger partial charge in [0, 0.05) is 40.3 Å². The fourth-order valence-corrected chi connectivity index (χ4v) is 5.86. The van der Waals surface area contributed by atoms with Crippen LogP contribution in [0.25, 0.3) is 6.08 Å². The summed E-state index contributed by atoms with van der Waals surface area (Å²) < 4.78 is 10.8. The molecular formula is C34H28N4O8S. The molecule has 1 heterocycles. The highest BCUT2D eigenvalue weighted by Crippen LogP contribution is 2.35. The minimum atomic E-state index is -0.746. The second-order valence-corrected chi connectivity index (χ2v) is 11.4. The summed E-state index contributed by atoms with van der Waals surface area (Å²) in [5.74, 6) is -1.05. The zero-order chi connectivity index (χ0) is 33.5. The van der Waals surface area contributed by atoms with E-state index in [0.717, 1.165) is 16.7 Å². The lowest BCUT2D eigenvalue weighted by Gasteiger charge is -2.15. The van der Waals surface area contributed by atoms with Crippen molar-refractivity contribution < 1.29 is 33.6 Å². The molecule has 2 N–H and O–H groups in total. The van der Waals surface area contributed by atoms with Crippen LogP contribution >= 0.6 is 11.8 Å². The zero-order valence-electron chi connectivity index (χ0n) is 25.2. The molecule has 0 spiro atoms. The first-order chi connectivity index (χ1) is 22.7. The van der Waals surface area contributed by atoms with Crippen molar-refractivity contribution in [2.75, 3.05) is 24.4 Å². The van der Waals surface area contributed by atoms with Crippen molar-refractivity contribution in [3.05, 3.63) is 124 Å². The smallest absolute Gasteiger partial charge is 0.272 e. The van der Waals surface area contributed by atoms with Crippen LogP contribution in [0.5, 0.6) is 11.5 Å². The molecule has 1 aliphatic heterocycles. The SMILES string of the molecule is COc1ccc(OC)c(/C=C(\NC(=O)c2ccccc2)C(=O)Nc2cccc(SC3CC(=O)N(c4ccc([N+](=O)[O-])cc4)C3=O)c2)c1. The third-order valence-corrected chi connectivity index (χ3v) is 8.24. The molecule has 1 aliphatic rings. The molecule has 238 valence electrons. The molecule has 1 fully saturated rings. The van der Waals surface area contributed by atoms with Gasteiger partial charge in [0.2, 0.25) is 11.8 Å². The Kier molecular flexibility index (Phi) is 9.96. The highest BCUT2D eigenvalue weighted by molar-refractivity contribution is 8.00. The van der Waals surface area contributed by atoms with Gasteiger partial charge in [0.1, 0.15) is 17.2 Å². The molecule has 47 heavy (non-hydrogen) atoms. The number of imide groups is 1. The Bertz CT molecular complexity index is 1880. The molecule has 5 rings (SSSR count). The van der Waals surface area contributed by atoms with Crippen LogP contribution in [0.1, 0.15) is 22.3 Å². The molecule has 0 aliphatic carbocycles. The first-order valence-electron chi connectivity index (χ1n) is 14.2. The van der Waals surface area contributed by atoms with Gasteiger partial charge in [0.15, 0.2) is 0 Å². The van der Waals surface area contributed by atoms with Gasteiger partial charge in [0.05, 0.1) is 30.1 Å². The van der Waals surface area contributed by atoms with E-state index >= 15 is 0 Å². The Morgan fingerprint density at radius 1 is 0.936 bits per heavy atom. The van der Waals surface area contributed by atoms with E-state index in [1.54, 1.807) is 72.8 Å². The Morgan fingerprint density at radius 2 is 1.68 bits per heavy atom. The molecule has 0 aromatic heterocycles. The number of methoxy groups -OCH3 is 2. The lowest BCUT2D eigenvalue weighted by atomic mass is 10.1. The topological polar surface area (TPSA) is 157 Å². The van der Waals surface area contributed by atoms with Gasteiger partial charge in [-0.05, 0) is 66.7 Å². The highest BCUT2D eigenvalue weighted by Gasteiger charge is 2.40. The quantitative estimate of drug-likeness (QED) is 0.0931. The molecule has 0 radical (unpaired) electrons. The Hall–Kier alpha value is -5.95. The van der Waals surface area contributed by atoms with Gasteiger partial charge in [-0.2, -0.15) is 0 Å². The van der Waals surface area contributed by atoms with E-state index in [0.29, 0.717) is 33.2 Å². The summed E-state index contributed by atoms with van der Waals surface area (Å²) in [6.07, 6.45) is 1.41. The van der Waals surface area contributed by atoms with Crippen molar-refractivity contribution in [2.45, 2.75) is 16.6 Å². The molecule has 1 atom stereocenters. The van der Waals surface area contributed by atoms with Gasteiger partial charge < -0.3 is 20.1 Å². The number of thioether (sulfide) groups is 1. The predicted molar refractivity (Wildman–Crippen MR) is 176 cm³/mol. The first kappa shape index (κ1) is 32.4. The van der Waals surface area contributed by atoms with Crippen molar-refractivity contribution >= 4 is 58.5 Å². The number of benzene rings is 4. The number of carbonyl (C=O) groups excluding carboxylic acids is 4. The number of nitro benzene ring substituents is 1. The van der Waals surface area contributed by atoms with E-state index in [1.165, 1.54) is 44.6 Å². The van der Waals surface area contributed by atoms with Gasteiger partial charge >= 0.3 is 0 Å². The predicted octanol–water partition coefficient (Wildman–Crippen LogP) is 5.45. The number of rotatable bonds is 11. The summed E-state index contributed by atoms with van der Waals surface area (Å²) in [5, 5.41) is 15.7. The second kappa shape index (κ2) is 14.4. The Labute approximate surface area is 273 Å². The van der Waals surface area contributed by atoms with E-state index in [1.807, 2.05) is 0 Å². The molecular weight excluding hydrogens is 624 g/mol. The van der Waals surface area contributed by atoms with Crippen LogP contribution in [0.2, 0.25) is 0 Å². The van der Waals surface area contributed by atoms with Crippen LogP contribution in [0, 0.1) is 10.1 Å². The molecule has 4 aromatic rings. The molecule has 4 amide bonds. The fourth-order valence-electron chi connectivity index (χ4n) is 4.75. The largest absolute Gasteiger partial charge is 0.497 e. The fraction of sp³-hybridized carbons (Fsp3) is 0.118. The molecule has 4 aromatic carbocycles. The van der Waals surface area contributed by atoms with Crippen LogP contribution in [0.15, 0.2) is 108 Å². The van der Waals surface area contributed by atoms with Crippen molar-refractivity contribution in [3.63, 3.8) is 0 Å². The van der Waals surface area contributed by atoms with Gasteiger partial charge in [-0.3, -0.25) is 29.3 Å². The number of non-ortho nitro benzene ring substituents is 1. The summed E-state index contributed by atoms with van der Waals surface area (Å²) in [5.41, 5.74) is 1.23. The number of nitrogens with zero attached hydrogens (tertiary/aromatic N) is 2. The van der Waals surface area contributed by atoms with E-state index in [-0.39, 0.29) is 23.5 Å². The number of nitro groups is 1. The standard InChI is InChI=1S/C34H28N4O8S/c1-45-26-15-16-29(46-2)22(17-26)18-28(36-32(40)21-7-4-3-5-8-21)33(41)35-23-9-6-10-27(19-23)47-30-20-31(39)37(34(30)42)24-11-13-25(14-12-24)38(43)44/h3-19,30H,20H2,1-2H3,(H,35,41)(H,36,40)/b28-18-.